The number of benzene rings is 2. The molecule has 0 atom stereocenters. The number of methoxy groups -OCH3 is 1. The maximum Gasteiger partial charge on any atom is 0.340 e. The van der Waals surface area contributed by atoms with Crippen molar-refractivity contribution in [3.8, 4) is 28.8 Å². The molecular formula is C26H30FN3O4. The van der Waals surface area contributed by atoms with Crippen molar-refractivity contribution in [3.63, 3.8) is 0 Å². The van der Waals surface area contributed by atoms with E-state index in [0.717, 1.165) is 42.5 Å². The Bertz CT molecular complexity index is 1130. The number of hydrogen-bond acceptors (Lipinski definition) is 6. The number of para-hydroxylation sites is 1. The second-order valence-electron chi connectivity index (χ2n) is 8.89. The van der Waals surface area contributed by atoms with E-state index >= 15 is 0 Å². The molecule has 180 valence electrons. The highest BCUT2D eigenvalue weighted by atomic mass is 19.1. The molecule has 1 aliphatic carbocycles. The molecule has 1 aromatic heterocycles. The number of alkyl halides is 1. The SMILES string of the molecule is COc1cccc2c(OCCF)nc(-c3ccc(OC4CCN(C5CCC5)CC4)cc3)[n+]([O-])c12. The van der Waals surface area contributed by atoms with Gasteiger partial charge in [0.25, 0.3) is 0 Å². The van der Waals surface area contributed by atoms with Crippen LogP contribution in [-0.2, 0) is 0 Å². The van der Waals surface area contributed by atoms with Crippen LogP contribution in [0.2, 0.25) is 0 Å². The van der Waals surface area contributed by atoms with Gasteiger partial charge in [-0.2, -0.15) is 0 Å². The predicted molar refractivity (Wildman–Crippen MR) is 127 cm³/mol. The summed E-state index contributed by atoms with van der Waals surface area (Å²) in [6, 6.07) is 13.3. The molecule has 2 aromatic carbocycles. The van der Waals surface area contributed by atoms with Gasteiger partial charge in [-0.3, -0.25) is 0 Å². The number of ether oxygens (including phenoxy) is 3. The van der Waals surface area contributed by atoms with Gasteiger partial charge >= 0.3 is 11.7 Å². The molecule has 34 heavy (non-hydrogen) atoms. The lowest BCUT2D eigenvalue weighted by Gasteiger charge is -2.41. The van der Waals surface area contributed by atoms with Gasteiger partial charge in [0.05, 0.1) is 12.7 Å². The van der Waals surface area contributed by atoms with Crippen molar-refractivity contribution in [2.45, 2.75) is 44.2 Å². The van der Waals surface area contributed by atoms with Crippen molar-refractivity contribution < 1.29 is 23.3 Å². The van der Waals surface area contributed by atoms with Crippen LogP contribution in [0.5, 0.6) is 17.4 Å². The Kier molecular flexibility index (Phi) is 6.67. The lowest BCUT2D eigenvalue weighted by Crippen LogP contribution is -2.46. The average Bonchev–Trinajstić information content (AvgIpc) is 2.84. The molecule has 8 heteroatoms. The molecule has 1 aliphatic heterocycles. The first-order valence-corrected chi connectivity index (χ1v) is 12.0. The predicted octanol–water partition coefficient (Wildman–Crippen LogP) is 4.29. The molecular weight excluding hydrogens is 437 g/mol. The average molecular weight is 468 g/mol. The molecule has 0 unspecified atom stereocenters. The van der Waals surface area contributed by atoms with Crippen LogP contribution >= 0.6 is 0 Å². The zero-order valence-electron chi connectivity index (χ0n) is 19.4. The van der Waals surface area contributed by atoms with Crippen molar-refractivity contribution in [2.24, 2.45) is 0 Å². The minimum atomic E-state index is -0.652. The molecule has 0 bridgehead atoms. The lowest BCUT2D eigenvalue weighted by atomic mass is 9.90. The summed E-state index contributed by atoms with van der Waals surface area (Å²) in [6.45, 7) is 1.39. The van der Waals surface area contributed by atoms with Gasteiger partial charge in [0, 0.05) is 19.1 Å². The number of likely N-dealkylation sites (tertiary alicyclic amines) is 1. The van der Waals surface area contributed by atoms with Gasteiger partial charge in [-0.05, 0) is 67.1 Å². The van der Waals surface area contributed by atoms with Gasteiger partial charge in [-0.15, -0.1) is 0 Å². The van der Waals surface area contributed by atoms with Gasteiger partial charge in [0.15, 0.2) is 11.3 Å². The number of piperidine rings is 1. The van der Waals surface area contributed by atoms with E-state index in [1.807, 2.05) is 24.3 Å². The minimum Gasteiger partial charge on any atom is -0.710 e. The highest BCUT2D eigenvalue weighted by Gasteiger charge is 2.29. The van der Waals surface area contributed by atoms with Crippen LogP contribution in [0.15, 0.2) is 42.5 Å². The Morgan fingerprint density at radius 2 is 1.85 bits per heavy atom. The van der Waals surface area contributed by atoms with E-state index in [4.69, 9.17) is 14.2 Å². The van der Waals surface area contributed by atoms with Crippen LogP contribution in [0.25, 0.3) is 22.3 Å². The highest BCUT2D eigenvalue weighted by Crippen LogP contribution is 2.32. The number of aromatic nitrogens is 2. The summed E-state index contributed by atoms with van der Waals surface area (Å²) >= 11 is 0. The van der Waals surface area contributed by atoms with Crippen molar-refractivity contribution in [1.29, 1.82) is 0 Å². The molecule has 0 amide bonds. The number of halogens is 1. The molecule has 3 aromatic rings. The summed E-state index contributed by atoms with van der Waals surface area (Å²) < 4.78 is 30.7. The quantitative estimate of drug-likeness (QED) is 0.364. The number of rotatable bonds is 8. The molecule has 2 heterocycles. The molecule has 5 rings (SSSR count). The molecule has 0 spiro atoms. The van der Waals surface area contributed by atoms with E-state index in [-0.39, 0.29) is 24.4 Å². The molecule has 1 saturated carbocycles. The van der Waals surface area contributed by atoms with E-state index in [9.17, 15) is 9.60 Å². The molecule has 0 radical (unpaired) electrons. The first-order chi connectivity index (χ1) is 16.7. The van der Waals surface area contributed by atoms with Gasteiger partial charge < -0.3 is 24.3 Å². The van der Waals surface area contributed by atoms with Gasteiger partial charge in [-0.25, -0.2) is 9.12 Å². The third-order valence-electron chi connectivity index (χ3n) is 6.85. The zero-order chi connectivity index (χ0) is 23.5. The van der Waals surface area contributed by atoms with Crippen LogP contribution in [0.1, 0.15) is 32.1 Å². The summed E-state index contributed by atoms with van der Waals surface area (Å²) in [5, 5.41) is 13.7. The highest BCUT2D eigenvalue weighted by molar-refractivity contribution is 5.87. The first-order valence-electron chi connectivity index (χ1n) is 12.0. The van der Waals surface area contributed by atoms with E-state index < -0.39 is 6.67 Å². The summed E-state index contributed by atoms with van der Waals surface area (Å²) in [5.41, 5.74) is 0.905. The maximum atomic E-state index is 13.3. The van der Waals surface area contributed by atoms with Gasteiger partial charge in [0.2, 0.25) is 0 Å². The summed E-state index contributed by atoms with van der Waals surface area (Å²) in [6.07, 6.45) is 6.29. The number of nitrogens with zero attached hydrogens (tertiary/aromatic N) is 3. The molecule has 2 aliphatic rings. The Morgan fingerprint density at radius 1 is 1.09 bits per heavy atom. The van der Waals surface area contributed by atoms with Crippen LogP contribution < -0.4 is 18.9 Å². The van der Waals surface area contributed by atoms with Gasteiger partial charge in [0.1, 0.15) is 30.5 Å². The minimum absolute atomic E-state index is 0.145. The third kappa shape index (κ3) is 4.46. The Labute approximate surface area is 198 Å². The molecule has 2 fully saturated rings. The first kappa shape index (κ1) is 22.7. The van der Waals surface area contributed by atoms with E-state index in [1.54, 1.807) is 18.2 Å². The fourth-order valence-corrected chi connectivity index (χ4v) is 4.79. The Morgan fingerprint density at radius 3 is 2.50 bits per heavy atom. The van der Waals surface area contributed by atoms with E-state index in [2.05, 4.69) is 9.88 Å². The summed E-state index contributed by atoms with van der Waals surface area (Å²) in [5.74, 6) is 1.53. The van der Waals surface area contributed by atoms with Crippen molar-refractivity contribution in [1.82, 2.24) is 9.88 Å². The van der Waals surface area contributed by atoms with Crippen LogP contribution in [0, 0.1) is 5.21 Å². The topological polar surface area (TPSA) is 70.8 Å². The second kappa shape index (κ2) is 10.0. The van der Waals surface area contributed by atoms with E-state index in [0.29, 0.717) is 22.2 Å². The van der Waals surface area contributed by atoms with Crippen LogP contribution in [-0.4, -0.2) is 55.5 Å². The zero-order valence-corrected chi connectivity index (χ0v) is 19.4. The summed E-state index contributed by atoms with van der Waals surface area (Å²) in [7, 11) is 1.50. The van der Waals surface area contributed by atoms with Crippen LogP contribution in [0.3, 0.4) is 0 Å². The monoisotopic (exact) mass is 467 g/mol. The normalized spacial score (nSPS) is 17.5. The van der Waals surface area contributed by atoms with Gasteiger partial charge in [-0.1, -0.05) is 12.5 Å². The molecule has 7 nitrogen and oxygen atoms in total. The largest absolute Gasteiger partial charge is 0.710 e. The van der Waals surface area contributed by atoms with Crippen molar-refractivity contribution in [3.05, 3.63) is 47.7 Å². The third-order valence-corrected chi connectivity index (χ3v) is 6.85. The van der Waals surface area contributed by atoms with Crippen LogP contribution in [0.4, 0.5) is 4.39 Å². The van der Waals surface area contributed by atoms with Crippen molar-refractivity contribution in [2.75, 3.05) is 33.5 Å². The lowest BCUT2D eigenvalue weighted by molar-refractivity contribution is -0.568. The van der Waals surface area contributed by atoms with E-state index in [1.165, 1.54) is 26.4 Å². The fraction of sp³-hybridized carbons (Fsp3) is 0.462. The summed E-state index contributed by atoms with van der Waals surface area (Å²) in [4.78, 5) is 7.03. The smallest absolute Gasteiger partial charge is 0.340 e. The number of hydrogen-bond donors (Lipinski definition) is 0. The second-order valence-corrected chi connectivity index (χ2v) is 8.89. The number of fused-ring (bicyclic) bond motifs is 1. The maximum absolute atomic E-state index is 13.3. The molecule has 1 saturated heterocycles. The standard InChI is InChI=1S/C26H30FN3O4/c1-32-23-7-3-6-22-24(23)30(31)25(28-26(22)33-17-14-27)18-8-10-20(11-9-18)34-21-12-15-29(16-13-21)19-4-2-5-19/h3,6-11,19,21H,2,4-5,12-17H2,1H3. The van der Waals surface area contributed by atoms with Crippen molar-refractivity contribution >= 4 is 10.9 Å². The molecule has 0 N–H and O–H groups in total. The Hall–Kier alpha value is -3.13. The Balaban J connectivity index is 1.36. The fourth-order valence-electron chi connectivity index (χ4n) is 4.79.